The summed E-state index contributed by atoms with van der Waals surface area (Å²) in [6, 6.07) is 8.86. The van der Waals surface area contributed by atoms with Crippen LogP contribution in [0.15, 0.2) is 36.7 Å². The maximum Gasteiger partial charge on any atom is 0.224 e. The fourth-order valence-electron chi connectivity index (χ4n) is 3.32. The van der Waals surface area contributed by atoms with Crippen molar-refractivity contribution in [1.82, 2.24) is 14.5 Å². The van der Waals surface area contributed by atoms with Crippen LogP contribution in [0.2, 0.25) is 0 Å². The molecule has 1 atom stereocenters. The summed E-state index contributed by atoms with van der Waals surface area (Å²) in [4.78, 5) is 21.2. The molecule has 5 heteroatoms. The maximum atomic E-state index is 12.6. The average molecular weight is 326 g/mol. The van der Waals surface area contributed by atoms with E-state index in [4.69, 9.17) is 0 Å². The topological polar surface area (TPSA) is 41.4 Å². The van der Waals surface area contributed by atoms with Gasteiger partial charge in [-0.3, -0.25) is 4.79 Å². The number of hydrogen-bond donors (Lipinski definition) is 0. The molecule has 2 aromatic rings. The first-order valence-corrected chi connectivity index (χ1v) is 8.63. The largest absolute Gasteiger partial charge is 0.368 e. The van der Waals surface area contributed by atoms with Gasteiger partial charge in [0.1, 0.15) is 5.82 Å². The number of carbonyl (C=O) groups is 1. The summed E-state index contributed by atoms with van der Waals surface area (Å²) in [6.07, 6.45) is 4.25. The number of anilines is 1. The normalized spacial score (nSPS) is 18.0. The van der Waals surface area contributed by atoms with Gasteiger partial charge in [-0.05, 0) is 32.9 Å². The molecule has 1 aromatic carbocycles. The lowest BCUT2D eigenvalue weighted by Crippen LogP contribution is -2.54. The van der Waals surface area contributed by atoms with E-state index >= 15 is 0 Å². The van der Waals surface area contributed by atoms with E-state index in [0.29, 0.717) is 13.0 Å². The molecule has 0 spiro atoms. The minimum absolute atomic E-state index is 0.233. The number of aromatic nitrogens is 2. The summed E-state index contributed by atoms with van der Waals surface area (Å²) < 4.78 is 2.03. The van der Waals surface area contributed by atoms with Gasteiger partial charge in [-0.2, -0.15) is 0 Å². The highest BCUT2D eigenvalue weighted by atomic mass is 16.2. The van der Waals surface area contributed by atoms with Crippen LogP contribution in [-0.4, -0.2) is 46.0 Å². The second-order valence-corrected chi connectivity index (χ2v) is 6.64. The molecule has 3 rings (SSSR count). The van der Waals surface area contributed by atoms with Gasteiger partial charge in [0.05, 0.1) is 0 Å². The zero-order chi connectivity index (χ0) is 17.1. The first-order chi connectivity index (χ1) is 11.5. The predicted molar refractivity (Wildman–Crippen MR) is 96.1 cm³/mol. The van der Waals surface area contributed by atoms with Crippen molar-refractivity contribution in [3.8, 4) is 0 Å². The van der Waals surface area contributed by atoms with Crippen LogP contribution >= 0.6 is 0 Å². The fraction of sp³-hybridized carbons (Fsp3) is 0.474. The Labute approximate surface area is 143 Å². The van der Waals surface area contributed by atoms with Crippen LogP contribution in [0.4, 0.5) is 5.69 Å². The van der Waals surface area contributed by atoms with Crippen LogP contribution in [0.5, 0.6) is 0 Å². The van der Waals surface area contributed by atoms with E-state index in [0.717, 1.165) is 25.5 Å². The van der Waals surface area contributed by atoms with E-state index in [1.54, 1.807) is 6.20 Å². The maximum absolute atomic E-state index is 12.6. The summed E-state index contributed by atoms with van der Waals surface area (Å²) in [5.41, 5.74) is 2.52. The first kappa shape index (κ1) is 16.6. The Morgan fingerprint density at radius 1 is 1.21 bits per heavy atom. The standard InChI is InChI=1S/C19H26N4O/c1-15-4-6-18(7-5-15)22-12-13-23(16(2)14-22)19(24)8-10-21-11-9-20-17(21)3/h4-7,9,11,16H,8,10,12-14H2,1-3H3/t16-/m0/s1. The Bertz CT molecular complexity index is 692. The molecule has 1 aromatic heterocycles. The average Bonchev–Trinajstić information content (AvgIpc) is 2.98. The number of imidazole rings is 1. The van der Waals surface area contributed by atoms with Crippen molar-refractivity contribution in [3.05, 3.63) is 48.0 Å². The zero-order valence-corrected chi connectivity index (χ0v) is 14.8. The highest BCUT2D eigenvalue weighted by Gasteiger charge is 2.27. The molecule has 1 fully saturated rings. The van der Waals surface area contributed by atoms with Crippen LogP contribution in [0.1, 0.15) is 24.7 Å². The van der Waals surface area contributed by atoms with Gasteiger partial charge in [0.25, 0.3) is 0 Å². The number of hydrogen-bond acceptors (Lipinski definition) is 3. The van der Waals surface area contributed by atoms with Crippen molar-refractivity contribution < 1.29 is 4.79 Å². The molecule has 1 saturated heterocycles. The highest BCUT2D eigenvalue weighted by Crippen LogP contribution is 2.20. The van der Waals surface area contributed by atoms with Crippen molar-refractivity contribution in [2.75, 3.05) is 24.5 Å². The number of carbonyl (C=O) groups excluding carboxylic acids is 1. The third-order valence-electron chi connectivity index (χ3n) is 4.84. The second kappa shape index (κ2) is 7.07. The van der Waals surface area contributed by atoms with Crippen LogP contribution in [0, 0.1) is 13.8 Å². The molecule has 0 saturated carbocycles. The van der Waals surface area contributed by atoms with Crippen molar-refractivity contribution in [3.63, 3.8) is 0 Å². The molecule has 0 radical (unpaired) electrons. The molecule has 0 unspecified atom stereocenters. The fourth-order valence-corrected chi connectivity index (χ4v) is 3.32. The predicted octanol–water partition coefficient (Wildman–Crippen LogP) is 2.63. The summed E-state index contributed by atoms with van der Waals surface area (Å²) >= 11 is 0. The Morgan fingerprint density at radius 3 is 2.58 bits per heavy atom. The van der Waals surface area contributed by atoms with Crippen LogP contribution in [-0.2, 0) is 11.3 Å². The van der Waals surface area contributed by atoms with E-state index in [1.807, 2.05) is 22.6 Å². The van der Waals surface area contributed by atoms with E-state index in [9.17, 15) is 4.79 Å². The molecule has 5 nitrogen and oxygen atoms in total. The quantitative estimate of drug-likeness (QED) is 0.867. The summed E-state index contributed by atoms with van der Waals surface area (Å²) in [6.45, 7) is 9.48. The lowest BCUT2D eigenvalue weighted by atomic mass is 10.1. The molecule has 24 heavy (non-hydrogen) atoms. The summed E-state index contributed by atoms with van der Waals surface area (Å²) in [5.74, 6) is 1.19. The number of aryl methyl sites for hydroxylation is 3. The van der Waals surface area contributed by atoms with Gasteiger partial charge in [-0.25, -0.2) is 4.98 Å². The van der Waals surface area contributed by atoms with Gasteiger partial charge >= 0.3 is 0 Å². The number of benzene rings is 1. The Kier molecular flexibility index (Phi) is 4.88. The molecule has 0 bridgehead atoms. The third-order valence-corrected chi connectivity index (χ3v) is 4.84. The van der Waals surface area contributed by atoms with E-state index in [2.05, 4.69) is 48.0 Å². The number of amides is 1. The summed E-state index contributed by atoms with van der Waals surface area (Å²) in [7, 11) is 0. The molecule has 1 aliphatic heterocycles. The first-order valence-electron chi connectivity index (χ1n) is 8.63. The van der Waals surface area contributed by atoms with Crippen LogP contribution < -0.4 is 4.90 Å². The minimum Gasteiger partial charge on any atom is -0.368 e. The van der Waals surface area contributed by atoms with Gasteiger partial charge in [0.15, 0.2) is 0 Å². The minimum atomic E-state index is 0.233. The van der Waals surface area contributed by atoms with Gasteiger partial charge in [0.2, 0.25) is 5.91 Å². The van der Waals surface area contributed by atoms with Crippen molar-refractivity contribution >= 4 is 11.6 Å². The van der Waals surface area contributed by atoms with Crippen molar-refractivity contribution in [2.45, 2.75) is 39.8 Å². The third kappa shape index (κ3) is 3.61. The van der Waals surface area contributed by atoms with Crippen LogP contribution in [0.3, 0.4) is 0 Å². The Morgan fingerprint density at radius 2 is 1.96 bits per heavy atom. The SMILES string of the molecule is Cc1ccc(N2CCN(C(=O)CCn3ccnc3C)[C@@H](C)C2)cc1. The van der Waals surface area contributed by atoms with E-state index in [-0.39, 0.29) is 11.9 Å². The molecule has 2 heterocycles. The van der Waals surface area contributed by atoms with E-state index in [1.165, 1.54) is 11.3 Å². The number of rotatable bonds is 4. The lowest BCUT2D eigenvalue weighted by molar-refractivity contribution is -0.133. The second-order valence-electron chi connectivity index (χ2n) is 6.64. The molecule has 0 N–H and O–H groups in total. The zero-order valence-electron chi connectivity index (χ0n) is 14.8. The van der Waals surface area contributed by atoms with Gasteiger partial charge in [-0.1, -0.05) is 17.7 Å². The summed E-state index contributed by atoms with van der Waals surface area (Å²) in [5, 5.41) is 0. The monoisotopic (exact) mass is 326 g/mol. The molecular weight excluding hydrogens is 300 g/mol. The van der Waals surface area contributed by atoms with Gasteiger partial charge in [0, 0.05) is 56.7 Å². The highest BCUT2D eigenvalue weighted by molar-refractivity contribution is 5.77. The molecular formula is C19H26N4O. The lowest BCUT2D eigenvalue weighted by Gasteiger charge is -2.41. The van der Waals surface area contributed by atoms with Gasteiger partial charge < -0.3 is 14.4 Å². The Balaban J connectivity index is 1.56. The molecule has 0 aliphatic carbocycles. The van der Waals surface area contributed by atoms with Crippen molar-refractivity contribution in [1.29, 1.82) is 0 Å². The van der Waals surface area contributed by atoms with Crippen LogP contribution in [0.25, 0.3) is 0 Å². The van der Waals surface area contributed by atoms with Gasteiger partial charge in [-0.15, -0.1) is 0 Å². The number of nitrogens with zero attached hydrogens (tertiary/aromatic N) is 4. The smallest absolute Gasteiger partial charge is 0.224 e. The Hall–Kier alpha value is -2.30. The number of piperazine rings is 1. The van der Waals surface area contributed by atoms with Crippen molar-refractivity contribution in [2.24, 2.45) is 0 Å². The molecule has 1 aliphatic rings. The van der Waals surface area contributed by atoms with E-state index < -0.39 is 0 Å². The molecule has 1 amide bonds. The molecule has 128 valence electrons.